The third kappa shape index (κ3) is 3.14. The average molecular weight is 443 g/mol. The average Bonchev–Trinajstić information content (AvgIpc) is 3.45. The third-order valence-electron chi connectivity index (χ3n) is 5.43. The number of hydrogen-bond donors (Lipinski definition) is 2. The topological polar surface area (TPSA) is 99.7 Å². The molecule has 0 bridgehead atoms. The molecule has 5 rings (SSSR count). The van der Waals surface area contributed by atoms with Gasteiger partial charge >= 0.3 is 5.69 Å². The molecule has 8 nitrogen and oxygen atoms in total. The predicted molar refractivity (Wildman–Crippen MR) is 116 cm³/mol. The monoisotopic (exact) mass is 442 g/mol. The normalized spacial score (nSPS) is 17.0. The lowest BCUT2D eigenvalue weighted by Crippen LogP contribution is -2.38. The first-order valence-corrected chi connectivity index (χ1v) is 10.9. The van der Waals surface area contributed by atoms with Crippen LogP contribution in [0.15, 0.2) is 35.1 Å². The quantitative estimate of drug-likeness (QED) is 0.503. The zero-order valence-corrected chi connectivity index (χ0v) is 17.8. The zero-order chi connectivity index (χ0) is 20.8. The molecule has 2 N–H and O–H groups in total. The minimum atomic E-state index is -0.361. The number of H-pyrrole nitrogens is 2. The van der Waals surface area contributed by atoms with E-state index < -0.39 is 0 Å². The summed E-state index contributed by atoms with van der Waals surface area (Å²) in [5, 5.41) is 12.6. The Morgan fingerprint density at radius 3 is 2.90 bits per heavy atom. The first kappa shape index (κ1) is 19.1. The Kier molecular flexibility index (Phi) is 4.71. The number of aromatic amines is 2. The van der Waals surface area contributed by atoms with E-state index in [-0.39, 0.29) is 17.6 Å². The zero-order valence-electron chi connectivity index (χ0n) is 16.2. The molecule has 0 radical (unpaired) electrons. The van der Waals surface area contributed by atoms with E-state index in [1.54, 1.807) is 4.68 Å². The molecule has 1 fully saturated rings. The minimum Gasteiger partial charge on any atom is -0.328 e. The molecule has 1 atom stereocenters. The Bertz CT molecular complexity index is 1300. The molecule has 1 aromatic carbocycles. The van der Waals surface area contributed by atoms with Crippen LogP contribution in [0.25, 0.3) is 15.9 Å². The SMILES string of the molecule is Cc1nn(-c2ccccc2Cl)c2sc(C(=O)N3CCCCC3c3n[nH]c(=O)[nH]3)cc12. The highest BCUT2D eigenvalue weighted by Crippen LogP contribution is 2.35. The Balaban J connectivity index is 1.54. The number of thiophene rings is 1. The van der Waals surface area contributed by atoms with Gasteiger partial charge in [-0.1, -0.05) is 23.7 Å². The van der Waals surface area contributed by atoms with E-state index in [1.807, 2.05) is 42.2 Å². The van der Waals surface area contributed by atoms with Gasteiger partial charge in [-0.15, -0.1) is 11.3 Å². The number of likely N-dealkylation sites (tertiary alicyclic amines) is 1. The number of carbonyl (C=O) groups excluding carboxylic acids is 1. The molecule has 1 aliphatic rings. The van der Waals surface area contributed by atoms with Gasteiger partial charge in [0, 0.05) is 11.9 Å². The number of hydrogen-bond acceptors (Lipinski definition) is 5. The van der Waals surface area contributed by atoms with Gasteiger partial charge in [0.25, 0.3) is 5.91 Å². The molecule has 30 heavy (non-hydrogen) atoms. The van der Waals surface area contributed by atoms with Crippen LogP contribution in [0.3, 0.4) is 0 Å². The van der Waals surface area contributed by atoms with Gasteiger partial charge in [0.15, 0.2) is 5.82 Å². The van der Waals surface area contributed by atoms with Gasteiger partial charge in [-0.2, -0.15) is 10.2 Å². The van der Waals surface area contributed by atoms with Gasteiger partial charge in [0.2, 0.25) is 0 Å². The van der Waals surface area contributed by atoms with Crippen molar-refractivity contribution in [2.24, 2.45) is 0 Å². The molecule has 154 valence electrons. The van der Waals surface area contributed by atoms with Crippen LogP contribution < -0.4 is 5.69 Å². The number of aryl methyl sites for hydroxylation is 1. The number of carbonyl (C=O) groups is 1. The van der Waals surface area contributed by atoms with Crippen LogP contribution in [0.4, 0.5) is 0 Å². The lowest BCUT2D eigenvalue weighted by Gasteiger charge is -2.33. The summed E-state index contributed by atoms with van der Waals surface area (Å²) >= 11 is 7.78. The largest absolute Gasteiger partial charge is 0.340 e. The molecule has 1 amide bonds. The fourth-order valence-electron chi connectivity index (χ4n) is 3.98. The number of aromatic nitrogens is 5. The van der Waals surface area contributed by atoms with Gasteiger partial charge in [-0.25, -0.2) is 14.6 Å². The number of nitrogens with zero attached hydrogens (tertiary/aromatic N) is 4. The smallest absolute Gasteiger partial charge is 0.328 e. The fourth-order valence-corrected chi connectivity index (χ4v) is 5.33. The molecular formula is C20H19ClN6O2S. The van der Waals surface area contributed by atoms with Gasteiger partial charge in [-0.05, 0) is 44.4 Å². The highest BCUT2D eigenvalue weighted by atomic mass is 35.5. The van der Waals surface area contributed by atoms with E-state index in [4.69, 9.17) is 11.6 Å². The van der Waals surface area contributed by atoms with Crippen molar-refractivity contribution < 1.29 is 4.79 Å². The van der Waals surface area contributed by atoms with Gasteiger partial charge in [0.1, 0.15) is 4.83 Å². The van der Waals surface area contributed by atoms with E-state index >= 15 is 0 Å². The summed E-state index contributed by atoms with van der Waals surface area (Å²) in [6.07, 6.45) is 2.68. The number of nitrogens with one attached hydrogen (secondary N) is 2. The summed E-state index contributed by atoms with van der Waals surface area (Å²) in [4.78, 5) is 31.0. The van der Waals surface area contributed by atoms with Gasteiger partial charge in [-0.3, -0.25) is 9.78 Å². The maximum atomic E-state index is 13.4. The van der Waals surface area contributed by atoms with Crippen molar-refractivity contribution >= 4 is 39.1 Å². The Morgan fingerprint density at radius 1 is 1.30 bits per heavy atom. The van der Waals surface area contributed by atoms with E-state index in [2.05, 4.69) is 20.3 Å². The molecule has 1 saturated heterocycles. The van der Waals surface area contributed by atoms with Crippen molar-refractivity contribution in [2.45, 2.75) is 32.2 Å². The van der Waals surface area contributed by atoms with E-state index in [0.717, 1.165) is 40.9 Å². The Morgan fingerprint density at radius 2 is 2.13 bits per heavy atom. The Labute approximate surface area is 180 Å². The fraction of sp³-hybridized carbons (Fsp3) is 0.300. The van der Waals surface area contributed by atoms with Crippen LogP contribution in [-0.2, 0) is 0 Å². The molecule has 0 aliphatic carbocycles. The van der Waals surface area contributed by atoms with Crippen LogP contribution in [0.2, 0.25) is 5.02 Å². The summed E-state index contributed by atoms with van der Waals surface area (Å²) in [6, 6.07) is 9.17. The van der Waals surface area contributed by atoms with Crippen LogP contribution in [-0.4, -0.2) is 42.3 Å². The lowest BCUT2D eigenvalue weighted by molar-refractivity contribution is 0.0605. The van der Waals surface area contributed by atoms with Crippen molar-refractivity contribution in [3.05, 3.63) is 62.2 Å². The standard InChI is InChI=1S/C20H19ClN6O2S/c1-11-12-10-16(30-19(12)27(25-11)14-7-3-2-6-13(14)21)18(28)26-9-5-4-8-15(26)17-22-20(29)24-23-17/h2-3,6-7,10,15H,4-5,8-9H2,1H3,(H2,22,23,24,29). The highest BCUT2D eigenvalue weighted by molar-refractivity contribution is 7.20. The second-order valence-corrected chi connectivity index (χ2v) is 8.79. The minimum absolute atomic E-state index is 0.0603. The summed E-state index contributed by atoms with van der Waals surface area (Å²) < 4.78 is 1.80. The highest BCUT2D eigenvalue weighted by Gasteiger charge is 2.32. The van der Waals surface area contributed by atoms with Crippen molar-refractivity contribution in [3.8, 4) is 5.69 Å². The van der Waals surface area contributed by atoms with Gasteiger partial charge in [0.05, 0.1) is 27.3 Å². The van der Waals surface area contributed by atoms with Crippen LogP contribution in [0, 0.1) is 6.92 Å². The molecule has 1 aliphatic heterocycles. The lowest BCUT2D eigenvalue weighted by atomic mass is 10.0. The van der Waals surface area contributed by atoms with Crippen molar-refractivity contribution in [3.63, 3.8) is 0 Å². The second kappa shape index (κ2) is 7.41. The van der Waals surface area contributed by atoms with Crippen LogP contribution >= 0.6 is 22.9 Å². The number of benzene rings is 1. The maximum Gasteiger partial charge on any atom is 0.340 e. The predicted octanol–water partition coefficient (Wildman–Crippen LogP) is 3.83. The summed E-state index contributed by atoms with van der Waals surface area (Å²) in [6.45, 7) is 2.55. The van der Waals surface area contributed by atoms with E-state index in [1.165, 1.54) is 11.3 Å². The molecule has 3 aromatic heterocycles. The molecule has 0 spiro atoms. The van der Waals surface area contributed by atoms with Crippen molar-refractivity contribution in [1.82, 2.24) is 29.9 Å². The number of halogens is 1. The number of amides is 1. The summed E-state index contributed by atoms with van der Waals surface area (Å²) in [5.41, 5.74) is 1.26. The van der Waals surface area contributed by atoms with Gasteiger partial charge < -0.3 is 4.90 Å². The van der Waals surface area contributed by atoms with Crippen molar-refractivity contribution in [2.75, 3.05) is 6.54 Å². The molecule has 4 heterocycles. The molecule has 10 heteroatoms. The molecule has 1 unspecified atom stereocenters. The molecule has 0 saturated carbocycles. The number of rotatable bonds is 3. The second-order valence-electron chi connectivity index (χ2n) is 7.35. The molecular weight excluding hydrogens is 424 g/mol. The van der Waals surface area contributed by atoms with Crippen LogP contribution in [0.1, 0.15) is 46.5 Å². The van der Waals surface area contributed by atoms with Crippen molar-refractivity contribution in [1.29, 1.82) is 0 Å². The maximum absolute atomic E-state index is 13.4. The first-order chi connectivity index (χ1) is 14.5. The summed E-state index contributed by atoms with van der Waals surface area (Å²) in [7, 11) is 0. The number of fused-ring (bicyclic) bond motifs is 1. The first-order valence-electron chi connectivity index (χ1n) is 9.72. The number of para-hydroxylation sites is 1. The van der Waals surface area contributed by atoms with E-state index in [0.29, 0.717) is 22.3 Å². The molecule has 4 aromatic rings. The van der Waals surface area contributed by atoms with Crippen LogP contribution in [0.5, 0.6) is 0 Å². The Hall–Kier alpha value is -2.91. The summed E-state index contributed by atoms with van der Waals surface area (Å²) in [5.74, 6) is 0.447. The third-order valence-corrected chi connectivity index (χ3v) is 6.85. The van der Waals surface area contributed by atoms with E-state index in [9.17, 15) is 9.59 Å². The number of piperidine rings is 1.